The van der Waals surface area contributed by atoms with Gasteiger partial charge in [0.1, 0.15) is 5.82 Å². The summed E-state index contributed by atoms with van der Waals surface area (Å²) in [5.74, 6) is 0.806. The molecule has 1 aromatic carbocycles. The molecule has 1 amide bonds. The molecule has 118 valence electrons. The number of carbonyl (C=O) groups excluding carboxylic acids is 1. The van der Waals surface area contributed by atoms with Crippen LogP contribution in [0.3, 0.4) is 0 Å². The summed E-state index contributed by atoms with van der Waals surface area (Å²) in [6.45, 7) is 4.47. The Bertz CT molecular complexity index is 801. The van der Waals surface area contributed by atoms with Crippen molar-refractivity contribution in [1.82, 2.24) is 25.1 Å². The number of rotatable bonds is 5. The number of nitrogens with zero attached hydrogens (tertiary/aromatic N) is 3. The van der Waals surface area contributed by atoms with E-state index in [1.54, 1.807) is 12.4 Å². The van der Waals surface area contributed by atoms with E-state index in [2.05, 4.69) is 20.4 Å². The topological polar surface area (TPSA) is 75.6 Å². The number of H-pyrrole nitrogens is 1. The Hall–Kier alpha value is -2.89. The van der Waals surface area contributed by atoms with E-state index in [4.69, 9.17) is 0 Å². The van der Waals surface area contributed by atoms with Crippen molar-refractivity contribution < 1.29 is 4.79 Å². The number of benzene rings is 1. The van der Waals surface area contributed by atoms with Crippen molar-refractivity contribution in [1.29, 1.82) is 0 Å². The summed E-state index contributed by atoms with van der Waals surface area (Å²) in [5, 5.41) is 7.17. The van der Waals surface area contributed by atoms with Crippen LogP contribution >= 0.6 is 0 Å². The van der Waals surface area contributed by atoms with E-state index in [1.807, 2.05) is 48.9 Å². The second-order valence-corrected chi connectivity index (χ2v) is 5.43. The summed E-state index contributed by atoms with van der Waals surface area (Å²) < 4.78 is 1.84. The zero-order chi connectivity index (χ0) is 16.2. The fraction of sp³-hybridized carbons (Fsp3) is 0.235. The lowest BCUT2D eigenvalue weighted by atomic mass is 10.2. The number of nitrogens with one attached hydrogen (secondary N) is 2. The molecule has 0 spiro atoms. The summed E-state index contributed by atoms with van der Waals surface area (Å²) in [5.41, 5.74) is 3.65. The first kappa shape index (κ1) is 15.0. The van der Waals surface area contributed by atoms with Crippen molar-refractivity contribution in [3.05, 3.63) is 65.5 Å². The van der Waals surface area contributed by atoms with Crippen LogP contribution in [-0.2, 0) is 6.42 Å². The molecule has 23 heavy (non-hydrogen) atoms. The minimum absolute atomic E-state index is 0.0787. The van der Waals surface area contributed by atoms with Crippen molar-refractivity contribution in [3.63, 3.8) is 0 Å². The second kappa shape index (κ2) is 6.48. The lowest BCUT2D eigenvalue weighted by Crippen LogP contribution is -2.25. The van der Waals surface area contributed by atoms with E-state index in [9.17, 15) is 4.79 Å². The van der Waals surface area contributed by atoms with Crippen molar-refractivity contribution in [2.24, 2.45) is 0 Å². The summed E-state index contributed by atoms with van der Waals surface area (Å²) in [4.78, 5) is 19.4. The number of imidazole rings is 1. The van der Waals surface area contributed by atoms with Gasteiger partial charge in [-0.25, -0.2) is 9.67 Å². The van der Waals surface area contributed by atoms with Crippen LogP contribution in [-0.4, -0.2) is 32.2 Å². The third-order valence-corrected chi connectivity index (χ3v) is 3.64. The van der Waals surface area contributed by atoms with Gasteiger partial charge in [0.25, 0.3) is 5.91 Å². The molecule has 0 fully saturated rings. The first-order chi connectivity index (χ1) is 11.1. The third kappa shape index (κ3) is 3.48. The third-order valence-electron chi connectivity index (χ3n) is 3.64. The Morgan fingerprint density at radius 2 is 2.00 bits per heavy atom. The van der Waals surface area contributed by atoms with Crippen molar-refractivity contribution in [3.8, 4) is 5.69 Å². The molecule has 0 unspecified atom stereocenters. The minimum atomic E-state index is -0.0787. The standard InChI is InChI=1S/C17H19N5O/c1-12-7-10-20-22(12)16-5-3-14(4-6-16)17(23)18-9-8-15-11-19-13(2)21-15/h3-7,10-11H,8-9H2,1-2H3,(H,18,23)(H,19,21). The van der Waals surface area contributed by atoms with Crippen molar-refractivity contribution in [2.75, 3.05) is 6.54 Å². The Labute approximate surface area is 134 Å². The monoisotopic (exact) mass is 309 g/mol. The number of aromatic nitrogens is 4. The summed E-state index contributed by atoms with van der Waals surface area (Å²) in [6, 6.07) is 9.36. The highest BCUT2D eigenvalue weighted by Gasteiger charge is 2.07. The maximum Gasteiger partial charge on any atom is 0.251 e. The van der Waals surface area contributed by atoms with Gasteiger partial charge in [0, 0.05) is 42.3 Å². The summed E-state index contributed by atoms with van der Waals surface area (Å²) in [6.07, 6.45) is 4.28. The Kier molecular flexibility index (Phi) is 4.23. The molecule has 3 rings (SSSR count). The van der Waals surface area contributed by atoms with Gasteiger partial charge in [-0.1, -0.05) is 0 Å². The average molecular weight is 309 g/mol. The number of carbonyl (C=O) groups is 1. The van der Waals surface area contributed by atoms with Gasteiger partial charge in [0.05, 0.1) is 5.69 Å². The molecule has 2 heterocycles. The Morgan fingerprint density at radius 1 is 1.22 bits per heavy atom. The molecule has 0 aliphatic rings. The van der Waals surface area contributed by atoms with E-state index in [0.717, 1.165) is 29.3 Å². The molecule has 0 aliphatic heterocycles. The fourth-order valence-electron chi connectivity index (χ4n) is 2.41. The molecule has 0 saturated heterocycles. The van der Waals surface area contributed by atoms with Gasteiger partial charge < -0.3 is 10.3 Å². The lowest BCUT2D eigenvalue weighted by molar-refractivity contribution is 0.0954. The van der Waals surface area contributed by atoms with Gasteiger partial charge in [-0.2, -0.15) is 5.10 Å². The number of amides is 1. The van der Waals surface area contributed by atoms with Crippen LogP contribution in [0.4, 0.5) is 0 Å². The van der Waals surface area contributed by atoms with E-state index >= 15 is 0 Å². The number of aromatic amines is 1. The molecule has 0 aliphatic carbocycles. The molecular weight excluding hydrogens is 290 g/mol. The Morgan fingerprint density at radius 3 is 2.61 bits per heavy atom. The maximum atomic E-state index is 12.1. The smallest absolute Gasteiger partial charge is 0.251 e. The van der Waals surface area contributed by atoms with Crippen LogP contribution < -0.4 is 5.32 Å². The van der Waals surface area contributed by atoms with Crippen LogP contribution in [0.1, 0.15) is 27.6 Å². The second-order valence-electron chi connectivity index (χ2n) is 5.43. The van der Waals surface area contributed by atoms with Crippen LogP contribution in [0.2, 0.25) is 0 Å². The number of hydrogen-bond donors (Lipinski definition) is 2. The molecule has 0 radical (unpaired) electrons. The van der Waals surface area contributed by atoms with E-state index in [-0.39, 0.29) is 5.91 Å². The largest absolute Gasteiger partial charge is 0.352 e. The minimum Gasteiger partial charge on any atom is -0.352 e. The molecule has 0 atom stereocenters. The SMILES string of the molecule is Cc1ncc(CCNC(=O)c2ccc(-n3nccc3C)cc2)[nH]1. The fourth-order valence-corrected chi connectivity index (χ4v) is 2.41. The van der Waals surface area contributed by atoms with Gasteiger partial charge in [0.2, 0.25) is 0 Å². The summed E-state index contributed by atoms with van der Waals surface area (Å²) in [7, 11) is 0. The van der Waals surface area contributed by atoms with Gasteiger partial charge in [-0.05, 0) is 44.2 Å². The van der Waals surface area contributed by atoms with E-state index in [1.165, 1.54) is 0 Å². The first-order valence-electron chi connectivity index (χ1n) is 7.53. The van der Waals surface area contributed by atoms with Crippen LogP contribution in [0.5, 0.6) is 0 Å². The van der Waals surface area contributed by atoms with Gasteiger partial charge in [0.15, 0.2) is 0 Å². The maximum absolute atomic E-state index is 12.1. The quantitative estimate of drug-likeness (QED) is 0.758. The molecule has 2 N–H and O–H groups in total. The van der Waals surface area contributed by atoms with Crippen molar-refractivity contribution in [2.45, 2.75) is 20.3 Å². The summed E-state index contributed by atoms with van der Waals surface area (Å²) >= 11 is 0. The Balaban J connectivity index is 1.58. The van der Waals surface area contributed by atoms with E-state index < -0.39 is 0 Å². The lowest BCUT2D eigenvalue weighted by Gasteiger charge is -2.07. The van der Waals surface area contributed by atoms with Crippen LogP contribution in [0.15, 0.2) is 42.7 Å². The highest BCUT2D eigenvalue weighted by molar-refractivity contribution is 5.94. The predicted octanol–water partition coefficient (Wildman–Crippen LogP) is 2.18. The molecule has 6 heteroatoms. The van der Waals surface area contributed by atoms with Crippen LogP contribution in [0, 0.1) is 13.8 Å². The zero-order valence-electron chi connectivity index (χ0n) is 13.2. The number of hydrogen-bond acceptors (Lipinski definition) is 3. The molecular formula is C17H19N5O. The van der Waals surface area contributed by atoms with Gasteiger partial charge in [-0.15, -0.1) is 0 Å². The molecule has 0 saturated carbocycles. The van der Waals surface area contributed by atoms with Crippen LogP contribution in [0.25, 0.3) is 5.69 Å². The predicted molar refractivity (Wildman–Crippen MR) is 87.7 cm³/mol. The van der Waals surface area contributed by atoms with Crippen molar-refractivity contribution >= 4 is 5.91 Å². The molecule has 6 nitrogen and oxygen atoms in total. The highest BCUT2D eigenvalue weighted by Crippen LogP contribution is 2.11. The molecule has 3 aromatic rings. The van der Waals surface area contributed by atoms with Gasteiger partial charge >= 0.3 is 0 Å². The zero-order valence-corrected chi connectivity index (χ0v) is 13.2. The van der Waals surface area contributed by atoms with Gasteiger partial charge in [-0.3, -0.25) is 4.79 Å². The highest BCUT2D eigenvalue weighted by atomic mass is 16.1. The molecule has 0 bridgehead atoms. The number of aryl methyl sites for hydroxylation is 2. The molecule has 2 aromatic heterocycles. The normalized spacial score (nSPS) is 10.7. The van der Waals surface area contributed by atoms with E-state index in [0.29, 0.717) is 12.1 Å². The average Bonchev–Trinajstić information content (AvgIpc) is 3.16. The first-order valence-corrected chi connectivity index (χ1v) is 7.53.